The second-order valence-electron chi connectivity index (χ2n) is 4.19. The summed E-state index contributed by atoms with van der Waals surface area (Å²) in [6.07, 6.45) is 0. The van der Waals surface area contributed by atoms with Gasteiger partial charge < -0.3 is 4.74 Å². The maximum atomic E-state index is 9.22. The van der Waals surface area contributed by atoms with Crippen molar-refractivity contribution in [1.29, 1.82) is 5.26 Å². The van der Waals surface area contributed by atoms with Gasteiger partial charge in [0.25, 0.3) is 0 Å². The summed E-state index contributed by atoms with van der Waals surface area (Å²) < 4.78 is 5.36. The van der Waals surface area contributed by atoms with Crippen LogP contribution in [0.4, 0.5) is 0 Å². The molecule has 1 atom stereocenters. The van der Waals surface area contributed by atoms with Crippen molar-refractivity contribution in [3.05, 3.63) is 28.8 Å². The lowest BCUT2D eigenvalue weighted by molar-refractivity contribution is 0.338. The van der Waals surface area contributed by atoms with Crippen LogP contribution >= 0.6 is 0 Å². The summed E-state index contributed by atoms with van der Waals surface area (Å²) in [6, 6.07) is 6.07. The number of methoxy groups -OCH3 is 1. The average Bonchev–Trinajstić information content (AvgIpc) is 2.21. The fourth-order valence-corrected chi connectivity index (χ4v) is 1.90. The first-order valence-electron chi connectivity index (χ1n) is 5.22. The molecule has 16 heavy (non-hydrogen) atoms. The van der Waals surface area contributed by atoms with Crippen molar-refractivity contribution < 1.29 is 4.74 Å². The van der Waals surface area contributed by atoms with Gasteiger partial charge in [0, 0.05) is 5.56 Å². The van der Waals surface area contributed by atoms with Crippen LogP contribution in [0.25, 0.3) is 0 Å². The molecule has 0 bridgehead atoms. The zero-order valence-corrected chi connectivity index (χ0v) is 10.5. The molecule has 0 fully saturated rings. The Morgan fingerprint density at radius 2 is 1.94 bits per heavy atom. The molecule has 0 aliphatic heterocycles. The molecule has 1 aromatic rings. The molecule has 0 N–H and O–H groups in total. The third-order valence-electron chi connectivity index (χ3n) is 2.63. The molecule has 1 unspecified atom stereocenters. The van der Waals surface area contributed by atoms with E-state index in [9.17, 15) is 5.26 Å². The minimum atomic E-state index is -0.268. The molecule has 86 valence electrons. The highest BCUT2D eigenvalue weighted by Crippen LogP contribution is 2.31. The summed E-state index contributed by atoms with van der Waals surface area (Å²) >= 11 is 0. The standard InChI is InChI=1S/C13H18N2O/c1-9-6-10(2)13(12(7-9)16-5)11(8-14)15(3)4/h6-7,11H,1-5H3. The molecular weight excluding hydrogens is 200 g/mol. The number of benzene rings is 1. The summed E-state index contributed by atoms with van der Waals surface area (Å²) in [4.78, 5) is 1.89. The number of nitriles is 1. The van der Waals surface area contributed by atoms with Crippen molar-refractivity contribution in [2.45, 2.75) is 19.9 Å². The van der Waals surface area contributed by atoms with Crippen molar-refractivity contribution in [2.24, 2.45) is 0 Å². The molecule has 0 aromatic heterocycles. The van der Waals surface area contributed by atoms with Crippen LogP contribution in [0, 0.1) is 25.2 Å². The van der Waals surface area contributed by atoms with Crippen LogP contribution < -0.4 is 4.74 Å². The van der Waals surface area contributed by atoms with Gasteiger partial charge in [0.15, 0.2) is 0 Å². The van der Waals surface area contributed by atoms with Gasteiger partial charge in [0.1, 0.15) is 11.8 Å². The molecular formula is C13H18N2O. The molecule has 0 saturated carbocycles. The quantitative estimate of drug-likeness (QED) is 0.781. The second-order valence-corrected chi connectivity index (χ2v) is 4.19. The van der Waals surface area contributed by atoms with Gasteiger partial charge in [-0.3, -0.25) is 4.90 Å². The van der Waals surface area contributed by atoms with Crippen LogP contribution in [0.2, 0.25) is 0 Å². The molecule has 0 saturated heterocycles. The molecule has 1 aromatic carbocycles. The Morgan fingerprint density at radius 1 is 1.31 bits per heavy atom. The smallest absolute Gasteiger partial charge is 0.127 e. The van der Waals surface area contributed by atoms with Crippen LogP contribution in [-0.2, 0) is 0 Å². The van der Waals surface area contributed by atoms with Crippen molar-refractivity contribution >= 4 is 0 Å². The van der Waals surface area contributed by atoms with E-state index in [4.69, 9.17) is 4.74 Å². The topological polar surface area (TPSA) is 36.3 Å². The summed E-state index contributed by atoms with van der Waals surface area (Å²) in [5.41, 5.74) is 3.20. The van der Waals surface area contributed by atoms with Crippen molar-refractivity contribution in [3.8, 4) is 11.8 Å². The van der Waals surface area contributed by atoms with Gasteiger partial charge >= 0.3 is 0 Å². The van der Waals surface area contributed by atoms with E-state index in [0.717, 1.165) is 22.4 Å². The molecule has 0 heterocycles. The van der Waals surface area contributed by atoms with E-state index >= 15 is 0 Å². The SMILES string of the molecule is COc1cc(C)cc(C)c1C(C#N)N(C)C. The van der Waals surface area contributed by atoms with Gasteiger partial charge in [-0.2, -0.15) is 5.26 Å². The van der Waals surface area contributed by atoms with E-state index in [1.165, 1.54) is 0 Å². The molecule has 3 nitrogen and oxygen atoms in total. The normalized spacial score (nSPS) is 12.3. The zero-order chi connectivity index (χ0) is 12.3. The lowest BCUT2D eigenvalue weighted by Gasteiger charge is -2.22. The Labute approximate surface area is 97.3 Å². The average molecular weight is 218 g/mol. The number of hydrogen-bond acceptors (Lipinski definition) is 3. The number of nitrogens with zero attached hydrogens (tertiary/aromatic N) is 2. The summed E-state index contributed by atoms with van der Waals surface area (Å²) in [6.45, 7) is 4.04. The zero-order valence-electron chi connectivity index (χ0n) is 10.5. The Hall–Kier alpha value is -1.53. The molecule has 1 rings (SSSR count). The van der Waals surface area contributed by atoms with E-state index in [0.29, 0.717) is 0 Å². The fourth-order valence-electron chi connectivity index (χ4n) is 1.90. The van der Waals surface area contributed by atoms with Gasteiger partial charge in [0.2, 0.25) is 0 Å². The highest BCUT2D eigenvalue weighted by molar-refractivity contribution is 5.46. The van der Waals surface area contributed by atoms with Crippen LogP contribution in [0.15, 0.2) is 12.1 Å². The Balaban J connectivity index is 3.37. The number of rotatable bonds is 3. The van der Waals surface area contributed by atoms with Gasteiger partial charge in [-0.25, -0.2) is 0 Å². The van der Waals surface area contributed by atoms with Crippen molar-refractivity contribution in [2.75, 3.05) is 21.2 Å². The summed E-state index contributed by atoms with van der Waals surface area (Å²) in [7, 11) is 5.43. The van der Waals surface area contributed by atoms with Gasteiger partial charge in [-0.05, 0) is 45.1 Å². The van der Waals surface area contributed by atoms with E-state index in [2.05, 4.69) is 12.1 Å². The summed E-state index contributed by atoms with van der Waals surface area (Å²) in [5.74, 6) is 0.790. The van der Waals surface area contributed by atoms with Gasteiger partial charge in [-0.15, -0.1) is 0 Å². The minimum Gasteiger partial charge on any atom is -0.496 e. The van der Waals surface area contributed by atoms with E-state index in [1.54, 1.807) is 7.11 Å². The Bertz CT molecular complexity index is 419. The molecule has 0 spiro atoms. The number of aryl methyl sites for hydroxylation is 2. The lowest BCUT2D eigenvalue weighted by Crippen LogP contribution is -2.20. The van der Waals surface area contributed by atoms with Gasteiger partial charge in [-0.1, -0.05) is 6.07 Å². The van der Waals surface area contributed by atoms with E-state index in [1.807, 2.05) is 38.9 Å². The molecule has 0 radical (unpaired) electrons. The van der Waals surface area contributed by atoms with Crippen LogP contribution in [0.1, 0.15) is 22.7 Å². The van der Waals surface area contributed by atoms with Crippen LogP contribution in [0.5, 0.6) is 5.75 Å². The minimum absolute atomic E-state index is 0.268. The maximum Gasteiger partial charge on any atom is 0.127 e. The largest absolute Gasteiger partial charge is 0.496 e. The molecule has 0 amide bonds. The highest BCUT2D eigenvalue weighted by Gasteiger charge is 2.20. The van der Waals surface area contributed by atoms with Crippen LogP contribution in [0.3, 0.4) is 0 Å². The first-order valence-corrected chi connectivity index (χ1v) is 5.22. The lowest BCUT2D eigenvalue weighted by atomic mass is 9.98. The monoisotopic (exact) mass is 218 g/mol. The Morgan fingerprint density at radius 3 is 2.38 bits per heavy atom. The van der Waals surface area contributed by atoms with Gasteiger partial charge in [0.05, 0.1) is 13.2 Å². The molecule has 3 heteroatoms. The third kappa shape index (κ3) is 2.34. The molecule has 0 aliphatic rings. The summed E-state index contributed by atoms with van der Waals surface area (Å²) in [5, 5.41) is 9.22. The predicted molar refractivity (Wildman–Crippen MR) is 64.5 cm³/mol. The third-order valence-corrected chi connectivity index (χ3v) is 2.63. The first-order chi connectivity index (χ1) is 7.51. The van der Waals surface area contributed by atoms with E-state index < -0.39 is 0 Å². The highest BCUT2D eigenvalue weighted by atomic mass is 16.5. The van der Waals surface area contributed by atoms with Crippen molar-refractivity contribution in [3.63, 3.8) is 0 Å². The predicted octanol–water partition coefficient (Wildman–Crippen LogP) is 2.44. The number of ether oxygens (including phenoxy) is 1. The van der Waals surface area contributed by atoms with Crippen LogP contribution in [-0.4, -0.2) is 26.1 Å². The maximum absolute atomic E-state index is 9.22. The second kappa shape index (κ2) is 5.00. The van der Waals surface area contributed by atoms with Crippen molar-refractivity contribution in [1.82, 2.24) is 4.90 Å². The fraction of sp³-hybridized carbons (Fsp3) is 0.462. The first kappa shape index (κ1) is 12.5. The Kier molecular flexibility index (Phi) is 3.92. The molecule has 0 aliphatic carbocycles. The van der Waals surface area contributed by atoms with E-state index in [-0.39, 0.29) is 6.04 Å². The number of hydrogen-bond donors (Lipinski definition) is 0.